The van der Waals surface area contributed by atoms with E-state index in [1.807, 2.05) is 0 Å². The van der Waals surface area contributed by atoms with Gasteiger partial charge in [-0.05, 0) is 12.1 Å². The third kappa shape index (κ3) is 2.75. The van der Waals surface area contributed by atoms with Gasteiger partial charge in [0.1, 0.15) is 6.29 Å². The number of aromatic hydroxyl groups is 1. The first-order valence-corrected chi connectivity index (χ1v) is 4.78. The lowest BCUT2D eigenvalue weighted by Crippen LogP contribution is -1.95. The second kappa shape index (κ2) is 5.79. The van der Waals surface area contributed by atoms with Gasteiger partial charge in [0.2, 0.25) is 0 Å². The molecule has 0 spiro atoms. The molecule has 0 saturated heterocycles. The van der Waals surface area contributed by atoms with Crippen molar-refractivity contribution < 1.29 is 14.6 Å². The van der Waals surface area contributed by atoms with Crippen LogP contribution >= 0.6 is 0 Å². The van der Waals surface area contributed by atoms with Gasteiger partial charge in [-0.25, -0.2) is 0 Å². The number of carbonyl (C=O) groups excluding carboxylic acids is 1. The van der Waals surface area contributed by atoms with Gasteiger partial charge in [-0.15, -0.1) is 0 Å². The van der Waals surface area contributed by atoms with E-state index >= 15 is 0 Å². The van der Waals surface area contributed by atoms with E-state index in [0.717, 1.165) is 0 Å². The molecule has 0 unspecified atom stereocenters. The summed E-state index contributed by atoms with van der Waals surface area (Å²) in [5, 5.41) is 9.73. The zero-order chi connectivity index (χ0) is 12.0. The fourth-order valence-corrected chi connectivity index (χ4v) is 1.18. The van der Waals surface area contributed by atoms with Crippen LogP contribution in [-0.2, 0) is 0 Å². The number of rotatable bonds is 3. The van der Waals surface area contributed by atoms with Gasteiger partial charge in [-0.3, -0.25) is 4.79 Å². The normalized spacial score (nSPS) is 9.12. The topological polar surface area (TPSA) is 72.5 Å². The van der Waals surface area contributed by atoms with E-state index in [-0.39, 0.29) is 11.5 Å². The van der Waals surface area contributed by atoms with Gasteiger partial charge in [0, 0.05) is 18.5 Å². The van der Waals surface area contributed by atoms with Crippen molar-refractivity contribution in [1.29, 1.82) is 0 Å². The lowest BCUT2D eigenvalue weighted by Gasteiger charge is -2.05. The number of hydrogen-bond donors (Lipinski definition) is 2. The molecular formula is C12H13NO3. The van der Waals surface area contributed by atoms with Crippen LogP contribution < -0.4 is 10.5 Å². The summed E-state index contributed by atoms with van der Waals surface area (Å²) in [5.41, 5.74) is 6.08. The molecule has 0 amide bonds. The van der Waals surface area contributed by atoms with Crippen molar-refractivity contribution in [3.8, 4) is 23.3 Å². The van der Waals surface area contributed by atoms with Gasteiger partial charge in [0.15, 0.2) is 11.5 Å². The molecule has 3 N–H and O–H groups in total. The number of hydrogen-bond acceptors (Lipinski definition) is 4. The molecule has 0 aromatic heterocycles. The molecule has 0 aliphatic rings. The summed E-state index contributed by atoms with van der Waals surface area (Å²) in [6.45, 7) is 0.457. The quantitative estimate of drug-likeness (QED) is 0.585. The maximum Gasteiger partial charge on any atom is 0.173 e. The highest BCUT2D eigenvalue weighted by Crippen LogP contribution is 2.30. The molecule has 0 saturated carbocycles. The standard InChI is InChI=1S/C12H13NO3/c1-16-11-7-9(8-14)6-10(12(11)15)4-2-3-5-13/h6-8,15H,3,5,13H2,1H3. The molecule has 84 valence electrons. The molecule has 0 bridgehead atoms. The van der Waals surface area contributed by atoms with E-state index in [0.29, 0.717) is 30.4 Å². The first-order valence-electron chi connectivity index (χ1n) is 4.78. The van der Waals surface area contributed by atoms with E-state index in [4.69, 9.17) is 10.5 Å². The maximum atomic E-state index is 10.7. The lowest BCUT2D eigenvalue weighted by molar-refractivity contribution is 0.112. The van der Waals surface area contributed by atoms with Crippen LogP contribution in [0.4, 0.5) is 0 Å². The monoisotopic (exact) mass is 219 g/mol. The lowest BCUT2D eigenvalue weighted by atomic mass is 10.1. The molecule has 4 heteroatoms. The van der Waals surface area contributed by atoms with Crippen LogP contribution in [0.15, 0.2) is 12.1 Å². The molecule has 1 aromatic carbocycles. The minimum absolute atomic E-state index is 0.0578. The van der Waals surface area contributed by atoms with E-state index in [9.17, 15) is 9.90 Å². The Morgan fingerprint density at radius 1 is 1.56 bits per heavy atom. The minimum Gasteiger partial charge on any atom is -0.503 e. The number of methoxy groups -OCH3 is 1. The van der Waals surface area contributed by atoms with Crippen molar-refractivity contribution in [2.75, 3.05) is 13.7 Å². The first-order chi connectivity index (χ1) is 7.72. The number of nitrogens with two attached hydrogens (primary N) is 1. The van der Waals surface area contributed by atoms with Crippen LogP contribution in [0.25, 0.3) is 0 Å². The van der Waals surface area contributed by atoms with E-state index in [2.05, 4.69) is 11.8 Å². The third-order valence-corrected chi connectivity index (χ3v) is 1.95. The van der Waals surface area contributed by atoms with Gasteiger partial charge in [-0.2, -0.15) is 0 Å². The van der Waals surface area contributed by atoms with E-state index in [1.54, 1.807) is 0 Å². The van der Waals surface area contributed by atoms with Crippen LogP contribution in [0.2, 0.25) is 0 Å². The Kier molecular flexibility index (Phi) is 4.37. The van der Waals surface area contributed by atoms with Crippen LogP contribution in [0, 0.1) is 11.8 Å². The van der Waals surface area contributed by atoms with Crippen molar-refractivity contribution in [2.45, 2.75) is 6.42 Å². The van der Waals surface area contributed by atoms with Crippen molar-refractivity contribution in [1.82, 2.24) is 0 Å². The Hall–Kier alpha value is -1.99. The molecule has 0 aliphatic heterocycles. The summed E-state index contributed by atoms with van der Waals surface area (Å²) < 4.78 is 4.93. The summed E-state index contributed by atoms with van der Waals surface area (Å²) >= 11 is 0. The second-order valence-electron chi connectivity index (χ2n) is 3.08. The van der Waals surface area contributed by atoms with Gasteiger partial charge in [0.05, 0.1) is 12.7 Å². The van der Waals surface area contributed by atoms with Crippen LogP contribution in [-0.4, -0.2) is 25.0 Å². The maximum absolute atomic E-state index is 10.7. The smallest absolute Gasteiger partial charge is 0.173 e. The number of carbonyl (C=O) groups is 1. The van der Waals surface area contributed by atoms with Crippen LogP contribution in [0.3, 0.4) is 0 Å². The van der Waals surface area contributed by atoms with E-state index in [1.165, 1.54) is 19.2 Å². The van der Waals surface area contributed by atoms with Crippen molar-refractivity contribution >= 4 is 6.29 Å². The second-order valence-corrected chi connectivity index (χ2v) is 3.08. The van der Waals surface area contributed by atoms with Crippen LogP contribution in [0.1, 0.15) is 22.3 Å². The largest absolute Gasteiger partial charge is 0.503 e. The Balaban J connectivity index is 3.17. The Morgan fingerprint density at radius 3 is 2.88 bits per heavy atom. The zero-order valence-electron chi connectivity index (χ0n) is 8.99. The summed E-state index contributed by atoms with van der Waals surface area (Å²) in [7, 11) is 1.42. The van der Waals surface area contributed by atoms with Gasteiger partial charge in [0.25, 0.3) is 0 Å². The molecule has 1 rings (SSSR count). The van der Waals surface area contributed by atoms with Gasteiger partial charge < -0.3 is 15.6 Å². The fourth-order valence-electron chi connectivity index (χ4n) is 1.18. The molecule has 1 aromatic rings. The van der Waals surface area contributed by atoms with E-state index < -0.39 is 0 Å². The summed E-state index contributed by atoms with van der Waals surface area (Å²) in [4.78, 5) is 10.7. The molecule has 0 fully saturated rings. The highest BCUT2D eigenvalue weighted by atomic mass is 16.5. The average molecular weight is 219 g/mol. The van der Waals surface area contributed by atoms with Crippen molar-refractivity contribution in [3.63, 3.8) is 0 Å². The molecule has 0 aliphatic carbocycles. The number of phenols is 1. The predicted molar refractivity (Wildman–Crippen MR) is 60.6 cm³/mol. The number of aldehydes is 1. The minimum atomic E-state index is -0.0578. The highest BCUT2D eigenvalue weighted by Gasteiger charge is 2.08. The number of ether oxygens (including phenoxy) is 1. The number of phenolic OH excluding ortho intramolecular Hbond substituents is 1. The summed E-state index contributed by atoms with van der Waals surface area (Å²) in [6, 6.07) is 2.96. The summed E-state index contributed by atoms with van der Waals surface area (Å²) in [5.74, 6) is 5.71. The van der Waals surface area contributed by atoms with Crippen molar-refractivity contribution in [2.24, 2.45) is 5.73 Å². The van der Waals surface area contributed by atoms with Gasteiger partial charge >= 0.3 is 0 Å². The molecule has 0 atom stereocenters. The molecule has 16 heavy (non-hydrogen) atoms. The molecular weight excluding hydrogens is 206 g/mol. The van der Waals surface area contributed by atoms with Crippen LogP contribution in [0.5, 0.6) is 11.5 Å². The van der Waals surface area contributed by atoms with Crippen molar-refractivity contribution in [3.05, 3.63) is 23.3 Å². The first kappa shape index (κ1) is 12.1. The fraction of sp³-hybridized carbons (Fsp3) is 0.250. The Morgan fingerprint density at radius 2 is 2.31 bits per heavy atom. The Bertz CT molecular complexity index is 444. The van der Waals surface area contributed by atoms with Gasteiger partial charge in [-0.1, -0.05) is 11.8 Å². The predicted octanol–water partition coefficient (Wildman–Crippen LogP) is 0.914. The highest BCUT2D eigenvalue weighted by molar-refractivity contribution is 5.78. The number of benzene rings is 1. The molecule has 0 heterocycles. The summed E-state index contributed by atoms with van der Waals surface area (Å²) in [6.07, 6.45) is 1.21. The zero-order valence-corrected chi connectivity index (χ0v) is 8.99. The molecule has 0 radical (unpaired) electrons. The molecule has 4 nitrogen and oxygen atoms in total. The third-order valence-electron chi connectivity index (χ3n) is 1.95. The average Bonchev–Trinajstić information content (AvgIpc) is 2.31. The SMILES string of the molecule is COc1cc(C=O)cc(C#CCCN)c1O. The Labute approximate surface area is 94.0 Å².